The summed E-state index contributed by atoms with van der Waals surface area (Å²) >= 11 is 2.14. The highest BCUT2D eigenvalue weighted by atomic mass is 127. The van der Waals surface area contributed by atoms with Crippen molar-refractivity contribution in [2.45, 2.75) is 13.1 Å². The molecule has 26 heavy (non-hydrogen) atoms. The van der Waals surface area contributed by atoms with E-state index in [2.05, 4.69) is 27.9 Å². The molecule has 7 heteroatoms. The molecular formula is C19H16IN3O3. The Labute approximate surface area is 163 Å². The number of halogens is 1. The molecular weight excluding hydrogens is 445 g/mol. The van der Waals surface area contributed by atoms with Crippen LogP contribution in [0, 0.1) is 3.57 Å². The largest absolute Gasteiger partial charge is 0.331 e. The van der Waals surface area contributed by atoms with Crippen molar-refractivity contribution >= 4 is 34.2 Å². The summed E-state index contributed by atoms with van der Waals surface area (Å²) in [6.45, 7) is -0.00276. The van der Waals surface area contributed by atoms with Crippen LogP contribution in [0.5, 0.6) is 0 Å². The minimum Gasteiger partial charge on any atom is -0.324 e. The maximum atomic E-state index is 12.6. The number of nitrogens with zero attached hydrogens (tertiary/aromatic N) is 2. The average molecular weight is 461 g/mol. The summed E-state index contributed by atoms with van der Waals surface area (Å²) in [5, 5.41) is 2.70. The van der Waals surface area contributed by atoms with E-state index in [1.165, 1.54) is 16.8 Å². The Morgan fingerprint density at radius 2 is 1.77 bits per heavy atom. The van der Waals surface area contributed by atoms with Crippen LogP contribution in [0.1, 0.15) is 5.56 Å². The highest BCUT2D eigenvalue weighted by Gasteiger charge is 2.11. The Balaban J connectivity index is 1.81. The van der Waals surface area contributed by atoms with Crippen LogP contribution < -0.4 is 16.6 Å². The van der Waals surface area contributed by atoms with Gasteiger partial charge in [-0.15, -0.1) is 0 Å². The van der Waals surface area contributed by atoms with E-state index in [1.807, 2.05) is 42.5 Å². The molecule has 0 aliphatic rings. The molecule has 1 amide bonds. The molecule has 0 saturated carbocycles. The van der Waals surface area contributed by atoms with Crippen LogP contribution in [0.2, 0.25) is 0 Å². The summed E-state index contributed by atoms with van der Waals surface area (Å²) in [6.07, 6.45) is 1.45. The second-order valence-corrected chi connectivity index (χ2v) is 6.94. The molecule has 2 aromatic carbocycles. The highest BCUT2D eigenvalue weighted by molar-refractivity contribution is 14.1. The molecule has 0 atom stereocenters. The van der Waals surface area contributed by atoms with Gasteiger partial charge < -0.3 is 5.32 Å². The third kappa shape index (κ3) is 4.48. The second kappa shape index (κ2) is 8.13. The Hall–Kier alpha value is -2.68. The SMILES string of the molecule is O=C(Cn1c(=O)ccn(Cc2ccccc2)c1=O)Nc1cccc(I)c1. The summed E-state index contributed by atoms with van der Waals surface area (Å²) in [4.78, 5) is 36.9. The normalized spacial score (nSPS) is 10.5. The topological polar surface area (TPSA) is 73.1 Å². The van der Waals surface area contributed by atoms with Crippen LogP contribution in [-0.2, 0) is 17.9 Å². The van der Waals surface area contributed by atoms with Crippen molar-refractivity contribution < 1.29 is 4.79 Å². The lowest BCUT2D eigenvalue weighted by atomic mass is 10.2. The first kappa shape index (κ1) is 18.1. The monoisotopic (exact) mass is 461 g/mol. The molecule has 0 fully saturated rings. The smallest absolute Gasteiger partial charge is 0.324 e. The van der Waals surface area contributed by atoms with E-state index in [4.69, 9.17) is 0 Å². The minimum absolute atomic E-state index is 0.332. The zero-order valence-corrected chi connectivity index (χ0v) is 15.9. The Morgan fingerprint density at radius 3 is 2.50 bits per heavy atom. The van der Waals surface area contributed by atoms with E-state index in [9.17, 15) is 14.4 Å². The van der Waals surface area contributed by atoms with Gasteiger partial charge in [0.25, 0.3) is 5.56 Å². The van der Waals surface area contributed by atoms with Gasteiger partial charge in [-0.05, 0) is 46.4 Å². The van der Waals surface area contributed by atoms with Crippen LogP contribution in [0.4, 0.5) is 5.69 Å². The van der Waals surface area contributed by atoms with E-state index in [-0.39, 0.29) is 6.54 Å². The van der Waals surface area contributed by atoms with Gasteiger partial charge in [0.2, 0.25) is 5.91 Å². The number of anilines is 1. The number of nitrogens with one attached hydrogen (secondary N) is 1. The molecule has 3 rings (SSSR count). The van der Waals surface area contributed by atoms with Crippen LogP contribution >= 0.6 is 22.6 Å². The van der Waals surface area contributed by atoms with Crippen molar-refractivity contribution in [3.05, 3.63) is 96.8 Å². The molecule has 0 unspecified atom stereocenters. The third-order valence-corrected chi connectivity index (χ3v) is 4.42. The number of rotatable bonds is 5. The number of hydrogen-bond donors (Lipinski definition) is 1. The predicted octanol–water partition coefficient (Wildman–Crippen LogP) is 2.30. The number of benzene rings is 2. The van der Waals surface area contributed by atoms with Crippen molar-refractivity contribution in [3.63, 3.8) is 0 Å². The van der Waals surface area contributed by atoms with E-state index in [0.29, 0.717) is 12.2 Å². The standard InChI is InChI=1S/C19H16IN3O3/c20-15-7-4-8-16(11-15)21-17(24)13-23-18(25)9-10-22(19(23)26)12-14-5-2-1-3-6-14/h1-11H,12-13H2,(H,21,24). The first-order valence-electron chi connectivity index (χ1n) is 7.92. The molecule has 0 spiro atoms. The maximum absolute atomic E-state index is 12.6. The van der Waals surface area contributed by atoms with Crippen molar-refractivity contribution in [2.75, 3.05) is 5.32 Å². The van der Waals surface area contributed by atoms with Gasteiger partial charge in [0.1, 0.15) is 6.54 Å². The first-order valence-corrected chi connectivity index (χ1v) is 9.00. The van der Waals surface area contributed by atoms with Gasteiger partial charge in [0.15, 0.2) is 0 Å². The fraction of sp³-hybridized carbons (Fsp3) is 0.105. The number of amides is 1. The number of carbonyl (C=O) groups is 1. The molecule has 6 nitrogen and oxygen atoms in total. The second-order valence-electron chi connectivity index (χ2n) is 5.69. The van der Waals surface area contributed by atoms with E-state index in [0.717, 1.165) is 13.7 Å². The fourth-order valence-electron chi connectivity index (χ4n) is 2.51. The summed E-state index contributed by atoms with van der Waals surface area (Å²) in [5.41, 5.74) is 0.537. The van der Waals surface area contributed by atoms with Gasteiger partial charge in [0, 0.05) is 21.5 Å². The van der Waals surface area contributed by atoms with Gasteiger partial charge in [-0.1, -0.05) is 36.4 Å². The summed E-state index contributed by atoms with van der Waals surface area (Å²) in [5.74, 6) is -0.427. The van der Waals surface area contributed by atoms with E-state index in [1.54, 1.807) is 12.1 Å². The van der Waals surface area contributed by atoms with E-state index < -0.39 is 17.2 Å². The maximum Gasteiger partial charge on any atom is 0.331 e. The quantitative estimate of drug-likeness (QED) is 0.593. The Bertz CT molecular complexity index is 1040. The molecule has 0 aliphatic heterocycles. The molecule has 0 saturated heterocycles. The van der Waals surface area contributed by atoms with Crippen LogP contribution in [0.3, 0.4) is 0 Å². The Kier molecular flexibility index (Phi) is 5.67. The third-order valence-electron chi connectivity index (χ3n) is 3.75. The van der Waals surface area contributed by atoms with Crippen LogP contribution in [0.25, 0.3) is 0 Å². The fourth-order valence-corrected chi connectivity index (χ4v) is 3.06. The zero-order valence-electron chi connectivity index (χ0n) is 13.8. The highest BCUT2D eigenvalue weighted by Crippen LogP contribution is 2.12. The minimum atomic E-state index is -0.515. The lowest BCUT2D eigenvalue weighted by Crippen LogP contribution is -2.41. The number of carbonyl (C=O) groups excluding carboxylic acids is 1. The molecule has 1 aromatic heterocycles. The summed E-state index contributed by atoms with van der Waals surface area (Å²) in [7, 11) is 0. The van der Waals surface area contributed by atoms with Gasteiger partial charge in [0.05, 0.1) is 6.54 Å². The number of aromatic nitrogens is 2. The Morgan fingerprint density at radius 1 is 1.00 bits per heavy atom. The summed E-state index contributed by atoms with van der Waals surface area (Å²) < 4.78 is 3.32. The van der Waals surface area contributed by atoms with Gasteiger partial charge in [-0.25, -0.2) is 4.79 Å². The van der Waals surface area contributed by atoms with Crippen LogP contribution in [-0.4, -0.2) is 15.0 Å². The molecule has 0 bridgehead atoms. The average Bonchev–Trinajstić information content (AvgIpc) is 2.62. The van der Waals surface area contributed by atoms with Crippen molar-refractivity contribution in [3.8, 4) is 0 Å². The molecule has 132 valence electrons. The molecule has 3 aromatic rings. The summed E-state index contributed by atoms with van der Waals surface area (Å²) in [6, 6.07) is 18.0. The lowest BCUT2D eigenvalue weighted by molar-refractivity contribution is -0.116. The predicted molar refractivity (Wildman–Crippen MR) is 108 cm³/mol. The molecule has 1 heterocycles. The van der Waals surface area contributed by atoms with Crippen molar-refractivity contribution in [1.29, 1.82) is 0 Å². The van der Waals surface area contributed by atoms with Crippen molar-refractivity contribution in [2.24, 2.45) is 0 Å². The first-order chi connectivity index (χ1) is 12.5. The lowest BCUT2D eigenvalue weighted by Gasteiger charge is -2.10. The van der Waals surface area contributed by atoms with Crippen molar-refractivity contribution in [1.82, 2.24) is 9.13 Å². The van der Waals surface area contributed by atoms with Gasteiger partial charge in [-0.2, -0.15) is 0 Å². The van der Waals surface area contributed by atoms with Gasteiger partial charge in [-0.3, -0.25) is 18.7 Å². The molecule has 0 aliphatic carbocycles. The van der Waals surface area contributed by atoms with Gasteiger partial charge >= 0.3 is 5.69 Å². The molecule has 1 N–H and O–H groups in total. The zero-order chi connectivity index (χ0) is 18.5. The van der Waals surface area contributed by atoms with Crippen LogP contribution in [0.15, 0.2) is 76.4 Å². The van der Waals surface area contributed by atoms with E-state index >= 15 is 0 Å². The molecule has 0 radical (unpaired) electrons. The number of hydrogen-bond acceptors (Lipinski definition) is 3.